The van der Waals surface area contributed by atoms with Crippen molar-refractivity contribution in [3.8, 4) is 5.69 Å². The minimum atomic E-state index is -2.88. The van der Waals surface area contributed by atoms with Gasteiger partial charge in [0.15, 0.2) is 9.84 Å². The summed E-state index contributed by atoms with van der Waals surface area (Å²) in [7, 11) is -2.88. The van der Waals surface area contributed by atoms with Crippen molar-refractivity contribution in [2.24, 2.45) is 5.92 Å². The van der Waals surface area contributed by atoms with Gasteiger partial charge in [0.1, 0.15) is 0 Å². The molecule has 136 valence electrons. The van der Waals surface area contributed by atoms with Crippen LogP contribution in [0.5, 0.6) is 0 Å². The van der Waals surface area contributed by atoms with Gasteiger partial charge < -0.3 is 4.42 Å². The number of aromatic nitrogens is 4. The van der Waals surface area contributed by atoms with Gasteiger partial charge in [0.2, 0.25) is 5.89 Å². The van der Waals surface area contributed by atoms with Gasteiger partial charge in [0, 0.05) is 24.6 Å². The summed E-state index contributed by atoms with van der Waals surface area (Å²) in [6, 6.07) is 10.0. The lowest BCUT2D eigenvalue weighted by molar-refractivity contribution is 0.389. The molecule has 3 aromatic rings. The molecule has 1 fully saturated rings. The van der Waals surface area contributed by atoms with Crippen molar-refractivity contribution in [3.63, 3.8) is 0 Å². The van der Waals surface area contributed by atoms with Crippen LogP contribution in [0.4, 0.5) is 0 Å². The smallest absolute Gasteiger partial charge is 0.276 e. The fourth-order valence-corrected chi connectivity index (χ4v) is 5.57. The SMILES string of the molecule is O=S1(=O)CC[C@H](Cc2nnc(SCc3ccc(-n4cccn4)cc3)o2)C1. The predicted molar refractivity (Wildman–Crippen MR) is 97.9 cm³/mol. The van der Waals surface area contributed by atoms with Gasteiger partial charge in [-0.1, -0.05) is 23.9 Å². The Morgan fingerprint density at radius 3 is 2.77 bits per heavy atom. The van der Waals surface area contributed by atoms with Gasteiger partial charge in [-0.15, -0.1) is 10.2 Å². The lowest BCUT2D eigenvalue weighted by Crippen LogP contribution is -2.07. The predicted octanol–water partition coefficient (Wildman–Crippen LogP) is 2.52. The van der Waals surface area contributed by atoms with Crippen LogP contribution in [0.2, 0.25) is 0 Å². The van der Waals surface area contributed by atoms with Crippen molar-refractivity contribution in [1.29, 1.82) is 0 Å². The summed E-state index contributed by atoms with van der Waals surface area (Å²) in [6.45, 7) is 0. The van der Waals surface area contributed by atoms with Crippen LogP contribution in [-0.4, -0.2) is 39.9 Å². The molecule has 0 amide bonds. The Labute approximate surface area is 155 Å². The average molecular weight is 390 g/mol. The molecule has 0 radical (unpaired) electrons. The molecule has 0 unspecified atom stereocenters. The number of nitrogens with zero attached hydrogens (tertiary/aromatic N) is 4. The van der Waals surface area contributed by atoms with E-state index in [0.717, 1.165) is 17.0 Å². The van der Waals surface area contributed by atoms with Crippen molar-refractivity contribution < 1.29 is 12.8 Å². The Morgan fingerprint density at radius 2 is 2.08 bits per heavy atom. The van der Waals surface area contributed by atoms with E-state index in [4.69, 9.17) is 4.42 Å². The highest BCUT2D eigenvalue weighted by Gasteiger charge is 2.29. The van der Waals surface area contributed by atoms with Crippen molar-refractivity contribution in [3.05, 3.63) is 54.2 Å². The van der Waals surface area contributed by atoms with E-state index in [0.29, 0.717) is 24.0 Å². The number of sulfone groups is 1. The number of hydrogen-bond donors (Lipinski definition) is 0. The molecular weight excluding hydrogens is 372 g/mol. The molecule has 1 aliphatic heterocycles. The maximum Gasteiger partial charge on any atom is 0.276 e. The largest absolute Gasteiger partial charge is 0.416 e. The molecule has 7 nitrogen and oxygen atoms in total. The van der Waals surface area contributed by atoms with E-state index in [1.165, 1.54) is 11.8 Å². The summed E-state index contributed by atoms with van der Waals surface area (Å²) in [4.78, 5) is 0. The van der Waals surface area contributed by atoms with Crippen LogP contribution in [-0.2, 0) is 22.0 Å². The van der Waals surface area contributed by atoms with E-state index in [1.54, 1.807) is 6.20 Å². The summed E-state index contributed by atoms with van der Waals surface area (Å²) < 4.78 is 30.5. The van der Waals surface area contributed by atoms with Crippen molar-refractivity contribution in [2.75, 3.05) is 11.5 Å². The van der Waals surface area contributed by atoms with Crippen molar-refractivity contribution in [2.45, 2.75) is 23.8 Å². The molecule has 1 aromatic carbocycles. The number of benzene rings is 1. The molecule has 1 saturated heterocycles. The molecule has 0 spiro atoms. The van der Waals surface area contributed by atoms with E-state index in [1.807, 2.05) is 41.2 Å². The second kappa shape index (κ2) is 7.24. The van der Waals surface area contributed by atoms with E-state index in [-0.39, 0.29) is 17.4 Å². The molecule has 3 heterocycles. The quantitative estimate of drug-likeness (QED) is 0.597. The average Bonchev–Trinajstić information content (AvgIpc) is 3.36. The first-order valence-corrected chi connectivity index (χ1v) is 11.1. The maximum atomic E-state index is 11.5. The van der Waals surface area contributed by atoms with Gasteiger partial charge in [-0.25, -0.2) is 13.1 Å². The summed E-state index contributed by atoms with van der Waals surface area (Å²) in [6.07, 6.45) is 4.86. The van der Waals surface area contributed by atoms with Crippen LogP contribution in [0.25, 0.3) is 5.69 Å². The van der Waals surface area contributed by atoms with E-state index in [2.05, 4.69) is 15.3 Å². The molecule has 26 heavy (non-hydrogen) atoms. The van der Waals surface area contributed by atoms with Crippen LogP contribution < -0.4 is 0 Å². The van der Waals surface area contributed by atoms with Crippen molar-refractivity contribution in [1.82, 2.24) is 20.0 Å². The molecular formula is C17H18N4O3S2. The highest BCUT2D eigenvalue weighted by molar-refractivity contribution is 7.98. The standard InChI is InChI=1S/C17H18N4O3S2/c22-26(23)9-6-14(12-26)10-16-19-20-17(24-16)25-11-13-2-4-15(5-3-13)21-8-1-7-18-21/h1-5,7-8,14H,6,9-12H2/t14-/m1/s1. The lowest BCUT2D eigenvalue weighted by Gasteiger charge is -2.03. The van der Waals surface area contributed by atoms with Crippen LogP contribution in [0.3, 0.4) is 0 Å². The summed E-state index contributed by atoms with van der Waals surface area (Å²) in [5.41, 5.74) is 2.16. The topological polar surface area (TPSA) is 90.9 Å². The maximum absolute atomic E-state index is 11.5. The first kappa shape index (κ1) is 17.3. The summed E-state index contributed by atoms with van der Waals surface area (Å²) in [5, 5.41) is 12.8. The van der Waals surface area contributed by atoms with E-state index in [9.17, 15) is 8.42 Å². The molecule has 1 atom stereocenters. The highest BCUT2D eigenvalue weighted by Crippen LogP contribution is 2.25. The molecule has 4 rings (SSSR count). The number of hydrogen-bond acceptors (Lipinski definition) is 7. The molecule has 0 bridgehead atoms. The van der Waals surface area contributed by atoms with Gasteiger partial charge >= 0.3 is 0 Å². The zero-order chi connectivity index (χ0) is 18.0. The van der Waals surface area contributed by atoms with Gasteiger partial charge in [0.05, 0.1) is 17.2 Å². The molecule has 2 aromatic heterocycles. The number of thioether (sulfide) groups is 1. The van der Waals surface area contributed by atoms with E-state index < -0.39 is 9.84 Å². The molecule has 1 aliphatic rings. The minimum Gasteiger partial charge on any atom is -0.416 e. The monoisotopic (exact) mass is 390 g/mol. The van der Waals surface area contributed by atoms with Crippen LogP contribution in [0.15, 0.2) is 52.4 Å². The summed E-state index contributed by atoms with van der Waals surface area (Å²) >= 11 is 1.47. The molecule has 0 aliphatic carbocycles. The Balaban J connectivity index is 1.32. The lowest BCUT2D eigenvalue weighted by atomic mass is 10.1. The summed E-state index contributed by atoms with van der Waals surface area (Å²) in [5.74, 6) is 1.82. The van der Waals surface area contributed by atoms with Gasteiger partial charge in [0.25, 0.3) is 5.22 Å². The molecule has 9 heteroatoms. The third kappa shape index (κ3) is 4.16. The van der Waals surface area contributed by atoms with Gasteiger partial charge in [-0.2, -0.15) is 5.10 Å². The third-order valence-electron chi connectivity index (χ3n) is 4.31. The van der Waals surface area contributed by atoms with Crippen LogP contribution in [0.1, 0.15) is 17.9 Å². The zero-order valence-electron chi connectivity index (χ0n) is 14.0. The Bertz CT molecular complexity index is 966. The van der Waals surface area contributed by atoms with Crippen LogP contribution in [0, 0.1) is 5.92 Å². The Hall–Kier alpha value is -2.13. The van der Waals surface area contributed by atoms with Gasteiger partial charge in [-0.3, -0.25) is 0 Å². The van der Waals surface area contributed by atoms with Gasteiger partial charge in [-0.05, 0) is 36.1 Å². The number of rotatable bonds is 6. The normalized spacial score (nSPS) is 19.0. The fourth-order valence-electron chi connectivity index (χ4n) is 2.97. The Morgan fingerprint density at radius 1 is 1.23 bits per heavy atom. The second-order valence-electron chi connectivity index (χ2n) is 6.34. The highest BCUT2D eigenvalue weighted by atomic mass is 32.2. The first-order valence-electron chi connectivity index (χ1n) is 8.32. The van der Waals surface area contributed by atoms with Crippen molar-refractivity contribution >= 4 is 21.6 Å². The first-order chi connectivity index (χ1) is 12.6. The third-order valence-corrected chi connectivity index (χ3v) is 7.03. The molecule has 0 N–H and O–H groups in total. The van der Waals surface area contributed by atoms with E-state index >= 15 is 0 Å². The van der Waals surface area contributed by atoms with Crippen LogP contribution >= 0.6 is 11.8 Å². The Kier molecular flexibility index (Phi) is 4.82. The zero-order valence-corrected chi connectivity index (χ0v) is 15.6. The molecule has 0 saturated carbocycles. The fraction of sp³-hybridized carbons (Fsp3) is 0.353. The second-order valence-corrected chi connectivity index (χ2v) is 9.50. The minimum absolute atomic E-state index is 0.0909.